The number of fused-ring (bicyclic) bond motifs is 1. The van der Waals surface area contributed by atoms with E-state index in [0.29, 0.717) is 36.9 Å². The molecule has 1 aliphatic heterocycles. The Hall–Kier alpha value is -3.04. The number of methoxy groups -OCH3 is 3. The molecule has 1 saturated heterocycles. The fourth-order valence-corrected chi connectivity index (χ4v) is 4.03. The molecule has 1 fully saturated rings. The van der Waals surface area contributed by atoms with Crippen LogP contribution in [0.2, 0.25) is 0 Å². The molecule has 3 heterocycles. The Morgan fingerprint density at radius 1 is 1.16 bits per heavy atom. The molecule has 0 amide bonds. The minimum absolute atomic E-state index is 0.359. The van der Waals surface area contributed by atoms with Gasteiger partial charge in [0.25, 0.3) is 0 Å². The summed E-state index contributed by atoms with van der Waals surface area (Å²) in [6.45, 7) is 2.53. The highest BCUT2D eigenvalue weighted by Crippen LogP contribution is 2.44. The minimum Gasteiger partial charge on any atom is -0.493 e. The van der Waals surface area contributed by atoms with Crippen LogP contribution in [0.4, 0.5) is 5.82 Å². The Morgan fingerprint density at radius 2 is 2.00 bits per heavy atom. The lowest BCUT2D eigenvalue weighted by Gasteiger charge is -2.32. The van der Waals surface area contributed by atoms with Crippen molar-refractivity contribution in [3.05, 3.63) is 35.7 Å². The summed E-state index contributed by atoms with van der Waals surface area (Å²) in [4.78, 5) is 7.11. The predicted octanol–water partition coefficient (Wildman–Crippen LogP) is 2.50. The normalized spacial score (nSPS) is 16.5. The zero-order valence-electron chi connectivity index (χ0n) is 18.1. The summed E-state index contributed by atoms with van der Waals surface area (Å²) in [5.41, 5.74) is 2.56. The maximum absolute atomic E-state index is 10.2. The molecule has 2 N–H and O–H groups in total. The van der Waals surface area contributed by atoms with Crippen molar-refractivity contribution in [2.45, 2.75) is 32.0 Å². The number of nitrogens with zero attached hydrogens (tertiary/aromatic N) is 3. The molecular weight excluding hydrogens is 400 g/mol. The highest BCUT2D eigenvalue weighted by atomic mass is 16.5. The van der Waals surface area contributed by atoms with Crippen LogP contribution >= 0.6 is 0 Å². The van der Waals surface area contributed by atoms with Crippen molar-refractivity contribution in [3.63, 3.8) is 0 Å². The van der Waals surface area contributed by atoms with Gasteiger partial charge in [-0.15, -0.1) is 0 Å². The standard InChI is InChI=1S/C22H28N4O5/c1-28-19-10-18-17(20(29-2)21(19)30-3)9-14(11-23-12-15-6-8-31-25-15)22(24-18)26-7-4-5-16(27)13-26/h6,8-10,16,23,27H,4-5,7,11-13H2,1-3H3. The van der Waals surface area contributed by atoms with Gasteiger partial charge in [0.2, 0.25) is 5.75 Å². The van der Waals surface area contributed by atoms with E-state index in [0.717, 1.165) is 47.4 Å². The van der Waals surface area contributed by atoms with E-state index in [2.05, 4.69) is 21.4 Å². The van der Waals surface area contributed by atoms with Gasteiger partial charge in [0.15, 0.2) is 11.5 Å². The summed E-state index contributed by atoms with van der Waals surface area (Å²) in [7, 11) is 4.78. The van der Waals surface area contributed by atoms with Gasteiger partial charge in [0, 0.05) is 49.3 Å². The quantitative estimate of drug-likeness (QED) is 0.560. The summed E-state index contributed by atoms with van der Waals surface area (Å²) < 4.78 is 21.6. The molecule has 9 nitrogen and oxygen atoms in total. The van der Waals surface area contributed by atoms with Crippen LogP contribution in [-0.4, -0.2) is 55.8 Å². The number of aromatic nitrogens is 2. The molecule has 1 aliphatic rings. The summed E-state index contributed by atoms with van der Waals surface area (Å²) in [6.07, 6.45) is 2.92. The smallest absolute Gasteiger partial charge is 0.204 e. The average molecular weight is 428 g/mol. The van der Waals surface area contributed by atoms with E-state index >= 15 is 0 Å². The van der Waals surface area contributed by atoms with Gasteiger partial charge in [0.1, 0.15) is 12.1 Å². The highest BCUT2D eigenvalue weighted by Gasteiger charge is 2.24. The maximum Gasteiger partial charge on any atom is 0.204 e. The minimum atomic E-state index is -0.359. The number of piperidine rings is 1. The van der Waals surface area contributed by atoms with Crippen molar-refractivity contribution in [1.82, 2.24) is 15.5 Å². The molecular formula is C22H28N4O5. The summed E-state index contributed by atoms with van der Waals surface area (Å²) in [5, 5.41) is 18.4. The number of benzene rings is 1. The van der Waals surface area contributed by atoms with Crippen LogP contribution in [0.25, 0.3) is 10.9 Å². The van der Waals surface area contributed by atoms with Crippen LogP contribution in [-0.2, 0) is 13.1 Å². The van der Waals surface area contributed by atoms with Crippen LogP contribution in [0.3, 0.4) is 0 Å². The van der Waals surface area contributed by atoms with E-state index < -0.39 is 0 Å². The Kier molecular flexibility index (Phi) is 6.43. The van der Waals surface area contributed by atoms with E-state index in [4.69, 9.17) is 23.7 Å². The van der Waals surface area contributed by atoms with E-state index in [1.54, 1.807) is 27.6 Å². The molecule has 4 rings (SSSR count). The Balaban J connectivity index is 1.77. The van der Waals surface area contributed by atoms with Gasteiger partial charge in [-0.1, -0.05) is 5.16 Å². The number of hydrogen-bond acceptors (Lipinski definition) is 9. The van der Waals surface area contributed by atoms with Gasteiger partial charge in [0.05, 0.1) is 38.6 Å². The predicted molar refractivity (Wildman–Crippen MR) is 116 cm³/mol. The number of nitrogens with one attached hydrogen (secondary N) is 1. The molecule has 9 heteroatoms. The number of β-amino-alcohol motifs (C(OH)–C–C–N with tert-alkyl or cyclic N) is 1. The van der Waals surface area contributed by atoms with Crippen molar-refractivity contribution >= 4 is 16.7 Å². The van der Waals surface area contributed by atoms with Crippen LogP contribution in [0, 0.1) is 0 Å². The highest BCUT2D eigenvalue weighted by molar-refractivity contribution is 5.92. The molecule has 31 heavy (non-hydrogen) atoms. The molecule has 0 aliphatic carbocycles. The molecule has 0 bridgehead atoms. The fourth-order valence-electron chi connectivity index (χ4n) is 4.03. The first-order valence-corrected chi connectivity index (χ1v) is 10.3. The van der Waals surface area contributed by atoms with E-state index in [1.807, 2.05) is 12.1 Å². The molecule has 166 valence electrons. The van der Waals surface area contributed by atoms with Crippen molar-refractivity contribution in [2.75, 3.05) is 39.3 Å². The topological polar surface area (TPSA) is 102 Å². The molecule has 0 radical (unpaired) electrons. The third kappa shape index (κ3) is 4.38. The third-order valence-corrected chi connectivity index (χ3v) is 5.49. The number of rotatable bonds is 8. The monoisotopic (exact) mass is 428 g/mol. The number of anilines is 1. The average Bonchev–Trinajstić information content (AvgIpc) is 3.30. The van der Waals surface area contributed by atoms with Gasteiger partial charge in [-0.3, -0.25) is 0 Å². The zero-order valence-corrected chi connectivity index (χ0v) is 18.1. The summed E-state index contributed by atoms with van der Waals surface area (Å²) in [5.74, 6) is 2.50. The lowest BCUT2D eigenvalue weighted by molar-refractivity contribution is 0.154. The van der Waals surface area contributed by atoms with Crippen LogP contribution in [0.1, 0.15) is 24.1 Å². The van der Waals surface area contributed by atoms with Crippen LogP contribution in [0.15, 0.2) is 29.0 Å². The zero-order chi connectivity index (χ0) is 21.8. The van der Waals surface area contributed by atoms with E-state index in [-0.39, 0.29) is 6.10 Å². The first-order valence-electron chi connectivity index (χ1n) is 10.3. The van der Waals surface area contributed by atoms with Crippen molar-refractivity contribution in [1.29, 1.82) is 0 Å². The van der Waals surface area contributed by atoms with E-state index in [1.165, 1.54) is 0 Å². The SMILES string of the molecule is COc1cc2nc(N3CCCC(O)C3)c(CNCc3ccon3)cc2c(OC)c1OC. The van der Waals surface area contributed by atoms with E-state index in [9.17, 15) is 5.11 Å². The van der Waals surface area contributed by atoms with Crippen molar-refractivity contribution in [2.24, 2.45) is 0 Å². The molecule has 1 atom stereocenters. The molecule has 2 aromatic heterocycles. The lowest BCUT2D eigenvalue weighted by Crippen LogP contribution is -2.39. The number of ether oxygens (including phenoxy) is 3. The first-order chi connectivity index (χ1) is 15.1. The Morgan fingerprint density at radius 3 is 2.68 bits per heavy atom. The second-order valence-corrected chi connectivity index (χ2v) is 7.52. The number of aliphatic hydroxyl groups excluding tert-OH is 1. The second-order valence-electron chi connectivity index (χ2n) is 7.52. The maximum atomic E-state index is 10.2. The van der Waals surface area contributed by atoms with Crippen LogP contribution in [0.5, 0.6) is 17.2 Å². The van der Waals surface area contributed by atoms with Gasteiger partial charge >= 0.3 is 0 Å². The number of pyridine rings is 1. The first kappa shape index (κ1) is 21.2. The largest absolute Gasteiger partial charge is 0.493 e. The Bertz CT molecular complexity index is 1020. The third-order valence-electron chi connectivity index (χ3n) is 5.49. The molecule has 1 unspecified atom stereocenters. The van der Waals surface area contributed by atoms with Gasteiger partial charge < -0.3 is 34.1 Å². The van der Waals surface area contributed by atoms with Gasteiger partial charge in [-0.25, -0.2) is 4.98 Å². The van der Waals surface area contributed by atoms with Crippen molar-refractivity contribution < 1.29 is 23.8 Å². The van der Waals surface area contributed by atoms with Gasteiger partial charge in [-0.05, 0) is 18.9 Å². The fraction of sp³-hybridized carbons (Fsp3) is 0.455. The summed E-state index contributed by atoms with van der Waals surface area (Å²) >= 11 is 0. The molecule has 0 saturated carbocycles. The lowest BCUT2D eigenvalue weighted by atomic mass is 10.1. The molecule has 1 aromatic carbocycles. The summed E-state index contributed by atoms with van der Waals surface area (Å²) in [6, 6.07) is 5.75. The number of hydrogen-bond donors (Lipinski definition) is 2. The van der Waals surface area contributed by atoms with Crippen LogP contribution < -0.4 is 24.4 Å². The number of aliphatic hydroxyl groups is 1. The Labute approximate surface area is 180 Å². The van der Waals surface area contributed by atoms with Gasteiger partial charge in [-0.2, -0.15) is 0 Å². The second kappa shape index (κ2) is 9.40. The van der Waals surface area contributed by atoms with Crippen molar-refractivity contribution in [3.8, 4) is 17.2 Å². The molecule has 0 spiro atoms. The molecule has 3 aromatic rings.